The Bertz CT molecular complexity index is 1170. The first-order valence-electron chi connectivity index (χ1n) is 10.3. The van der Waals surface area contributed by atoms with E-state index in [0.717, 1.165) is 11.1 Å². The number of benzene rings is 3. The van der Waals surface area contributed by atoms with Crippen LogP contribution in [0.5, 0.6) is 5.75 Å². The summed E-state index contributed by atoms with van der Waals surface area (Å²) in [4.78, 5) is 24.8. The summed E-state index contributed by atoms with van der Waals surface area (Å²) >= 11 is 0. The summed E-state index contributed by atoms with van der Waals surface area (Å²) in [6.07, 6.45) is 1.50. The molecule has 0 saturated heterocycles. The lowest BCUT2D eigenvalue weighted by atomic mass is 10.0. The zero-order valence-electron chi connectivity index (χ0n) is 18.3. The Morgan fingerprint density at radius 2 is 1.56 bits per heavy atom. The standard InChI is InChI=1S/C27H24N2O3/c1-18(2)21-8-6-20(7-9-21)16-23(17-28)27(31)32-25-14-10-22(11-15-25)26(30)29-24-12-4-19(3)5-13-24/h4-16,18H,1-3H3,(H,29,30)/b23-16+. The first-order valence-corrected chi connectivity index (χ1v) is 10.3. The first-order chi connectivity index (χ1) is 15.4. The molecule has 0 aliphatic rings. The molecule has 0 heterocycles. The van der Waals surface area contributed by atoms with Crippen molar-refractivity contribution >= 4 is 23.6 Å². The van der Waals surface area contributed by atoms with Gasteiger partial charge in [-0.3, -0.25) is 4.79 Å². The van der Waals surface area contributed by atoms with Crippen LogP contribution in [0.25, 0.3) is 6.08 Å². The second-order valence-electron chi connectivity index (χ2n) is 7.73. The number of anilines is 1. The van der Waals surface area contributed by atoms with Crippen LogP contribution in [0, 0.1) is 18.3 Å². The maximum Gasteiger partial charge on any atom is 0.354 e. The van der Waals surface area contributed by atoms with Crippen molar-refractivity contribution in [2.24, 2.45) is 0 Å². The minimum absolute atomic E-state index is 0.108. The van der Waals surface area contributed by atoms with E-state index in [2.05, 4.69) is 19.2 Å². The second-order valence-corrected chi connectivity index (χ2v) is 7.73. The third-order valence-electron chi connectivity index (χ3n) is 4.89. The van der Waals surface area contributed by atoms with E-state index in [1.165, 1.54) is 23.8 Å². The number of carbonyl (C=O) groups is 2. The molecular weight excluding hydrogens is 400 g/mol. The lowest BCUT2D eigenvalue weighted by molar-refractivity contribution is -0.129. The monoisotopic (exact) mass is 424 g/mol. The highest BCUT2D eigenvalue weighted by Gasteiger charge is 2.13. The van der Waals surface area contributed by atoms with E-state index in [9.17, 15) is 14.9 Å². The Labute approximate surface area is 188 Å². The Kier molecular flexibility index (Phi) is 7.20. The summed E-state index contributed by atoms with van der Waals surface area (Å²) in [6.45, 7) is 6.17. The Hall–Kier alpha value is -4.17. The number of carbonyl (C=O) groups excluding carboxylic acids is 2. The van der Waals surface area contributed by atoms with Crippen LogP contribution < -0.4 is 10.1 Å². The van der Waals surface area contributed by atoms with Gasteiger partial charge in [0.1, 0.15) is 17.4 Å². The quantitative estimate of drug-likeness (QED) is 0.232. The smallest absolute Gasteiger partial charge is 0.354 e. The number of nitrogens with zero attached hydrogens (tertiary/aromatic N) is 1. The molecule has 3 aromatic carbocycles. The van der Waals surface area contributed by atoms with Gasteiger partial charge >= 0.3 is 5.97 Å². The molecule has 0 saturated carbocycles. The van der Waals surface area contributed by atoms with Gasteiger partial charge in [0, 0.05) is 11.3 Å². The number of aryl methyl sites for hydroxylation is 1. The van der Waals surface area contributed by atoms with Gasteiger partial charge in [0.05, 0.1) is 0 Å². The Balaban J connectivity index is 1.65. The van der Waals surface area contributed by atoms with Crippen molar-refractivity contribution in [3.63, 3.8) is 0 Å². The van der Waals surface area contributed by atoms with Crippen molar-refractivity contribution in [1.29, 1.82) is 5.26 Å². The fraction of sp³-hybridized carbons (Fsp3) is 0.148. The van der Waals surface area contributed by atoms with Gasteiger partial charge in [0.15, 0.2) is 0 Å². The van der Waals surface area contributed by atoms with Gasteiger partial charge in [-0.25, -0.2) is 4.79 Å². The highest BCUT2D eigenvalue weighted by atomic mass is 16.5. The molecule has 0 radical (unpaired) electrons. The van der Waals surface area contributed by atoms with Crippen LogP contribution in [0.3, 0.4) is 0 Å². The summed E-state index contributed by atoms with van der Waals surface area (Å²) in [5, 5.41) is 12.2. The van der Waals surface area contributed by atoms with E-state index in [1.54, 1.807) is 12.1 Å². The molecular formula is C27H24N2O3. The number of esters is 1. The molecule has 0 aliphatic carbocycles. The Morgan fingerprint density at radius 1 is 0.938 bits per heavy atom. The van der Waals surface area contributed by atoms with E-state index in [-0.39, 0.29) is 17.2 Å². The summed E-state index contributed by atoms with van der Waals surface area (Å²) in [5.41, 5.74) is 4.03. The highest BCUT2D eigenvalue weighted by Crippen LogP contribution is 2.19. The molecule has 32 heavy (non-hydrogen) atoms. The maximum absolute atomic E-state index is 12.4. The highest BCUT2D eigenvalue weighted by molar-refractivity contribution is 6.04. The fourth-order valence-electron chi connectivity index (χ4n) is 2.96. The number of rotatable bonds is 6. The topological polar surface area (TPSA) is 79.2 Å². The van der Waals surface area contributed by atoms with E-state index in [0.29, 0.717) is 17.2 Å². The van der Waals surface area contributed by atoms with E-state index < -0.39 is 5.97 Å². The average Bonchev–Trinajstić information content (AvgIpc) is 2.79. The third-order valence-corrected chi connectivity index (χ3v) is 4.89. The molecule has 0 atom stereocenters. The van der Waals surface area contributed by atoms with Gasteiger partial charge in [-0.2, -0.15) is 5.26 Å². The minimum atomic E-state index is -0.753. The van der Waals surface area contributed by atoms with Crippen LogP contribution in [0.15, 0.2) is 78.4 Å². The minimum Gasteiger partial charge on any atom is -0.422 e. The SMILES string of the molecule is Cc1ccc(NC(=O)c2ccc(OC(=O)/C(C#N)=C/c3ccc(C(C)C)cc3)cc2)cc1. The van der Waals surface area contributed by atoms with Gasteiger partial charge in [-0.15, -0.1) is 0 Å². The van der Waals surface area contributed by atoms with Crippen molar-refractivity contribution in [2.75, 3.05) is 5.32 Å². The molecule has 0 unspecified atom stereocenters. The lowest BCUT2D eigenvalue weighted by Gasteiger charge is -2.07. The van der Waals surface area contributed by atoms with Crippen molar-refractivity contribution in [1.82, 2.24) is 0 Å². The first kappa shape index (κ1) is 22.5. The van der Waals surface area contributed by atoms with E-state index in [4.69, 9.17) is 4.74 Å². The normalized spacial score (nSPS) is 11.0. The molecule has 1 amide bonds. The summed E-state index contributed by atoms with van der Waals surface area (Å²) in [7, 11) is 0. The molecule has 160 valence electrons. The third kappa shape index (κ3) is 5.93. The number of amides is 1. The molecule has 5 heteroatoms. The van der Waals surface area contributed by atoms with Crippen LogP contribution in [0.4, 0.5) is 5.69 Å². The molecule has 0 aromatic heterocycles. The fourth-order valence-corrected chi connectivity index (χ4v) is 2.96. The number of nitriles is 1. The van der Waals surface area contributed by atoms with Crippen molar-refractivity contribution in [2.45, 2.75) is 26.7 Å². The average molecular weight is 425 g/mol. The van der Waals surface area contributed by atoms with Crippen molar-refractivity contribution in [3.05, 3.63) is 101 Å². The summed E-state index contributed by atoms with van der Waals surface area (Å²) < 4.78 is 5.31. The van der Waals surface area contributed by atoms with Crippen LogP contribution in [-0.4, -0.2) is 11.9 Å². The molecule has 0 spiro atoms. The predicted octanol–water partition coefficient (Wildman–Crippen LogP) is 5.88. The maximum atomic E-state index is 12.4. The zero-order chi connectivity index (χ0) is 23.1. The molecule has 3 rings (SSSR count). The molecule has 0 fully saturated rings. The zero-order valence-corrected chi connectivity index (χ0v) is 18.3. The number of hydrogen-bond donors (Lipinski definition) is 1. The van der Waals surface area contributed by atoms with Crippen LogP contribution in [0.2, 0.25) is 0 Å². The molecule has 5 nitrogen and oxygen atoms in total. The van der Waals surface area contributed by atoms with Gasteiger partial charge in [0.2, 0.25) is 0 Å². The molecule has 1 N–H and O–H groups in total. The summed E-state index contributed by atoms with van der Waals surface area (Å²) in [5.74, 6) is -0.375. The van der Waals surface area contributed by atoms with E-state index in [1.807, 2.05) is 61.5 Å². The Morgan fingerprint density at radius 3 is 2.12 bits per heavy atom. The van der Waals surface area contributed by atoms with Crippen LogP contribution in [-0.2, 0) is 4.79 Å². The molecule has 3 aromatic rings. The van der Waals surface area contributed by atoms with Gasteiger partial charge < -0.3 is 10.1 Å². The number of nitrogens with one attached hydrogen (secondary N) is 1. The van der Waals surface area contributed by atoms with E-state index >= 15 is 0 Å². The lowest BCUT2D eigenvalue weighted by Crippen LogP contribution is -2.12. The largest absolute Gasteiger partial charge is 0.422 e. The van der Waals surface area contributed by atoms with Gasteiger partial charge in [-0.05, 0) is 66.4 Å². The number of ether oxygens (including phenoxy) is 1. The summed E-state index contributed by atoms with van der Waals surface area (Å²) in [6, 6.07) is 23.2. The second kappa shape index (κ2) is 10.2. The predicted molar refractivity (Wildman–Crippen MR) is 125 cm³/mol. The van der Waals surface area contributed by atoms with Crippen LogP contribution >= 0.6 is 0 Å². The molecule has 0 bridgehead atoms. The van der Waals surface area contributed by atoms with Crippen molar-refractivity contribution < 1.29 is 14.3 Å². The number of hydrogen-bond acceptors (Lipinski definition) is 4. The van der Waals surface area contributed by atoms with Gasteiger partial charge in [-0.1, -0.05) is 55.8 Å². The van der Waals surface area contributed by atoms with Crippen LogP contribution in [0.1, 0.15) is 46.8 Å². The van der Waals surface area contributed by atoms with Gasteiger partial charge in [0.25, 0.3) is 5.91 Å². The van der Waals surface area contributed by atoms with Crippen molar-refractivity contribution in [3.8, 4) is 11.8 Å². The molecule has 0 aliphatic heterocycles.